The minimum Gasteiger partial charge on any atom is -0.399 e. The number of hydrogen-bond donors (Lipinski definition) is 1. The molecule has 0 radical (unpaired) electrons. The van der Waals surface area contributed by atoms with Crippen LogP contribution in [0.4, 0.5) is 5.69 Å². The number of thioether (sulfide) groups is 1. The second kappa shape index (κ2) is 6.01. The largest absolute Gasteiger partial charge is 0.399 e. The van der Waals surface area contributed by atoms with Crippen molar-refractivity contribution in [2.75, 3.05) is 5.73 Å². The zero-order chi connectivity index (χ0) is 14.7. The van der Waals surface area contributed by atoms with Crippen LogP contribution in [0.1, 0.15) is 5.56 Å². The van der Waals surface area contributed by atoms with E-state index in [4.69, 9.17) is 5.73 Å². The molecule has 0 aliphatic rings. The van der Waals surface area contributed by atoms with Gasteiger partial charge in [-0.3, -0.25) is 0 Å². The molecule has 3 rings (SSSR count). The smallest absolute Gasteiger partial charge is 0.191 e. The summed E-state index contributed by atoms with van der Waals surface area (Å²) < 4.78 is 2.01. The quantitative estimate of drug-likeness (QED) is 0.592. The minimum atomic E-state index is 0.750. The van der Waals surface area contributed by atoms with E-state index in [2.05, 4.69) is 22.3 Å². The van der Waals surface area contributed by atoms with E-state index in [0.717, 1.165) is 28.0 Å². The molecule has 3 aromatic rings. The predicted octanol–water partition coefficient (Wildman–Crippen LogP) is 3.36. The Kier molecular flexibility index (Phi) is 3.92. The molecule has 0 bridgehead atoms. The molecule has 1 heterocycles. The maximum absolute atomic E-state index is 5.71. The van der Waals surface area contributed by atoms with Crippen molar-refractivity contribution >= 4 is 17.4 Å². The maximum atomic E-state index is 5.71. The summed E-state index contributed by atoms with van der Waals surface area (Å²) in [6.45, 7) is 0. The third-order valence-corrected chi connectivity index (χ3v) is 4.31. The van der Waals surface area contributed by atoms with E-state index >= 15 is 0 Å². The molecule has 0 aliphatic carbocycles. The molecule has 0 unspecified atom stereocenters. The molecule has 0 saturated carbocycles. The van der Waals surface area contributed by atoms with Crippen LogP contribution in [0.5, 0.6) is 0 Å². The Morgan fingerprint density at radius 2 is 1.71 bits per heavy atom. The third kappa shape index (κ3) is 3.08. The Labute approximate surface area is 128 Å². The van der Waals surface area contributed by atoms with Gasteiger partial charge >= 0.3 is 0 Å². The van der Waals surface area contributed by atoms with Gasteiger partial charge < -0.3 is 10.3 Å². The average molecular weight is 296 g/mol. The number of aromatic nitrogens is 3. The lowest BCUT2D eigenvalue weighted by Gasteiger charge is -2.04. The van der Waals surface area contributed by atoms with Crippen LogP contribution in [0.3, 0.4) is 0 Å². The van der Waals surface area contributed by atoms with E-state index < -0.39 is 0 Å². The predicted molar refractivity (Wildman–Crippen MR) is 86.9 cm³/mol. The van der Waals surface area contributed by atoms with E-state index in [9.17, 15) is 0 Å². The topological polar surface area (TPSA) is 56.7 Å². The Bertz CT molecular complexity index is 720. The minimum absolute atomic E-state index is 0.750. The Morgan fingerprint density at radius 1 is 1.00 bits per heavy atom. The van der Waals surface area contributed by atoms with Crippen LogP contribution in [0.25, 0.3) is 11.4 Å². The zero-order valence-corrected chi connectivity index (χ0v) is 12.5. The molecule has 0 fully saturated rings. The summed E-state index contributed by atoms with van der Waals surface area (Å²) in [5.74, 6) is 1.74. The van der Waals surface area contributed by atoms with Gasteiger partial charge in [0.25, 0.3) is 0 Å². The van der Waals surface area contributed by atoms with E-state index in [-0.39, 0.29) is 0 Å². The molecule has 0 spiro atoms. The molecule has 106 valence electrons. The SMILES string of the molecule is Cn1c(SCc2ccccc2)nnc1-c1ccc(N)cc1. The lowest BCUT2D eigenvalue weighted by Crippen LogP contribution is -1.95. The summed E-state index contributed by atoms with van der Waals surface area (Å²) in [5, 5.41) is 9.46. The molecule has 0 saturated heterocycles. The summed E-state index contributed by atoms with van der Waals surface area (Å²) >= 11 is 1.68. The molecule has 2 N–H and O–H groups in total. The van der Waals surface area contributed by atoms with Crippen molar-refractivity contribution in [1.29, 1.82) is 0 Å². The van der Waals surface area contributed by atoms with Gasteiger partial charge in [-0.25, -0.2) is 0 Å². The lowest BCUT2D eigenvalue weighted by molar-refractivity contribution is 0.794. The highest BCUT2D eigenvalue weighted by molar-refractivity contribution is 7.98. The Morgan fingerprint density at radius 3 is 2.43 bits per heavy atom. The highest BCUT2D eigenvalue weighted by atomic mass is 32.2. The van der Waals surface area contributed by atoms with E-state index in [1.54, 1.807) is 11.8 Å². The van der Waals surface area contributed by atoms with Crippen molar-refractivity contribution in [3.05, 3.63) is 60.2 Å². The van der Waals surface area contributed by atoms with Gasteiger partial charge in [-0.1, -0.05) is 42.1 Å². The van der Waals surface area contributed by atoms with Crippen molar-refractivity contribution in [1.82, 2.24) is 14.8 Å². The summed E-state index contributed by atoms with van der Waals surface area (Å²) in [6, 6.07) is 18.0. The molecule has 1 aromatic heterocycles. The van der Waals surface area contributed by atoms with Gasteiger partial charge in [-0.05, 0) is 29.8 Å². The van der Waals surface area contributed by atoms with Crippen LogP contribution in [0, 0.1) is 0 Å². The summed E-state index contributed by atoms with van der Waals surface area (Å²) in [6.07, 6.45) is 0. The molecule has 4 nitrogen and oxygen atoms in total. The van der Waals surface area contributed by atoms with Crippen molar-refractivity contribution in [2.24, 2.45) is 7.05 Å². The molecular weight excluding hydrogens is 280 g/mol. The molecule has 21 heavy (non-hydrogen) atoms. The third-order valence-electron chi connectivity index (χ3n) is 3.21. The fourth-order valence-corrected chi connectivity index (χ4v) is 2.91. The number of nitrogen functional groups attached to an aromatic ring is 1. The highest BCUT2D eigenvalue weighted by Crippen LogP contribution is 2.25. The van der Waals surface area contributed by atoms with Gasteiger partial charge in [0.1, 0.15) is 0 Å². The van der Waals surface area contributed by atoms with Crippen molar-refractivity contribution in [3.63, 3.8) is 0 Å². The van der Waals surface area contributed by atoms with Crippen LogP contribution in [0.15, 0.2) is 59.8 Å². The molecule has 0 aliphatic heterocycles. The molecule has 0 atom stereocenters. The number of rotatable bonds is 4. The first kappa shape index (κ1) is 13.7. The number of anilines is 1. The Balaban J connectivity index is 1.78. The number of benzene rings is 2. The maximum Gasteiger partial charge on any atom is 0.191 e. The first-order valence-corrected chi connectivity index (χ1v) is 7.64. The van der Waals surface area contributed by atoms with Crippen LogP contribution in [-0.4, -0.2) is 14.8 Å². The van der Waals surface area contributed by atoms with E-state index in [0.29, 0.717) is 0 Å². The van der Waals surface area contributed by atoms with Crippen molar-refractivity contribution in [2.45, 2.75) is 10.9 Å². The van der Waals surface area contributed by atoms with E-state index in [1.165, 1.54) is 5.56 Å². The van der Waals surface area contributed by atoms with Crippen LogP contribution in [-0.2, 0) is 12.8 Å². The van der Waals surface area contributed by atoms with Gasteiger partial charge in [0.2, 0.25) is 0 Å². The molecule has 0 amide bonds. The highest BCUT2D eigenvalue weighted by Gasteiger charge is 2.11. The molecule has 5 heteroatoms. The van der Waals surface area contributed by atoms with Gasteiger partial charge in [-0.2, -0.15) is 0 Å². The fourth-order valence-electron chi connectivity index (χ4n) is 2.05. The number of nitrogens with two attached hydrogens (primary N) is 1. The summed E-state index contributed by atoms with van der Waals surface area (Å²) in [5.41, 5.74) is 8.76. The van der Waals surface area contributed by atoms with Crippen LogP contribution < -0.4 is 5.73 Å². The van der Waals surface area contributed by atoms with Crippen LogP contribution in [0.2, 0.25) is 0 Å². The zero-order valence-electron chi connectivity index (χ0n) is 11.7. The molecule has 2 aromatic carbocycles. The summed E-state index contributed by atoms with van der Waals surface area (Å²) in [4.78, 5) is 0. The van der Waals surface area contributed by atoms with Crippen molar-refractivity contribution in [3.8, 4) is 11.4 Å². The molecular formula is C16H16N4S. The first-order valence-electron chi connectivity index (χ1n) is 6.66. The van der Waals surface area contributed by atoms with Gasteiger partial charge in [0, 0.05) is 24.1 Å². The first-order chi connectivity index (χ1) is 10.2. The van der Waals surface area contributed by atoms with Crippen molar-refractivity contribution < 1.29 is 0 Å². The normalized spacial score (nSPS) is 10.7. The van der Waals surface area contributed by atoms with Gasteiger partial charge in [0.05, 0.1) is 0 Å². The van der Waals surface area contributed by atoms with E-state index in [1.807, 2.05) is 54.1 Å². The monoisotopic (exact) mass is 296 g/mol. The number of hydrogen-bond acceptors (Lipinski definition) is 4. The fraction of sp³-hybridized carbons (Fsp3) is 0.125. The second-order valence-corrected chi connectivity index (χ2v) is 5.70. The second-order valence-electron chi connectivity index (χ2n) is 4.76. The standard InChI is InChI=1S/C16H16N4S/c1-20-15(13-7-9-14(17)10-8-13)18-19-16(20)21-11-12-5-3-2-4-6-12/h2-10H,11,17H2,1H3. The van der Waals surface area contributed by atoms with Crippen LogP contribution >= 0.6 is 11.8 Å². The van der Waals surface area contributed by atoms with Gasteiger partial charge in [0.15, 0.2) is 11.0 Å². The lowest BCUT2D eigenvalue weighted by atomic mass is 10.2. The number of nitrogens with zero attached hydrogens (tertiary/aromatic N) is 3. The summed E-state index contributed by atoms with van der Waals surface area (Å²) in [7, 11) is 1.99. The Hall–Kier alpha value is -2.27. The van der Waals surface area contributed by atoms with Gasteiger partial charge in [-0.15, -0.1) is 10.2 Å². The average Bonchev–Trinajstić information content (AvgIpc) is 2.88.